The van der Waals surface area contributed by atoms with Crippen molar-refractivity contribution in [2.75, 3.05) is 6.54 Å². The van der Waals surface area contributed by atoms with Crippen LogP contribution < -0.4 is 5.32 Å². The third-order valence-corrected chi connectivity index (χ3v) is 3.97. The second-order valence-electron chi connectivity index (χ2n) is 5.57. The zero-order chi connectivity index (χ0) is 16.4. The van der Waals surface area contributed by atoms with Crippen LogP contribution in [0.2, 0.25) is 5.02 Å². The highest BCUT2D eigenvalue weighted by Gasteiger charge is 2.20. The summed E-state index contributed by atoms with van der Waals surface area (Å²) in [7, 11) is 0. The minimum absolute atomic E-state index is 0.180. The Balaban J connectivity index is 2.16. The highest BCUT2D eigenvalue weighted by Crippen LogP contribution is 2.35. The van der Waals surface area contributed by atoms with Crippen molar-refractivity contribution in [2.24, 2.45) is 0 Å². The molecule has 3 rings (SSSR count). The SMILES string of the molecule is CCCNC(=O)c1oc(-c2ccc(Cl)cc2)c2cc(C)ccc12. The number of halogens is 1. The van der Waals surface area contributed by atoms with Crippen molar-refractivity contribution in [1.29, 1.82) is 0 Å². The van der Waals surface area contributed by atoms with E-state index >= 15 is 0 Å². The highest BCUT2D eigenvalue weighted by molar-refractivity contribution is 6.30. The number of amides is 1. The molecule has 0 radical (unpaired) electrons. The Morgan fingerprint density at radius 1 is 1.13 bits per heavy atom. The minimum Gasteiger partial charge on any atom is -0.450 e. The molecule has 0 spiro atoms. The summed E-state index contributed by atoms with van der Waals surface area (Å²) in [5, 5.41) is 5.31. The molecule has 0 aliphatic carbocycles. The Labute approximate surface area is 140 Å². The van der Waals surface area contributed by atoms with Crippen LogP contribution in [0, 0.1) is 6.92 Å². The van der Waals surface area contributed by atoms with Gasteiger partial charge in [-0.25, -0.2) is 0 Å². The molecular weight excluding hydrogens is 310 g/mol. The van der Waals surface area contributed by atoms with E-state index in [9.17, 15) is 4.79 Å². The summed E-state index contributed by atoms with van der Waals surface area (Å²) in [6.07, 6.45) is 0.882. The van der Waals surface area contributed by atoms with Gasteiger partial charge in [0.15, 0.2) is 5.76 Å². The van der Waals surface area contributed by atoms with E-state index < -0.39 is 0 Å². The number of carbonyl (C=O) groups excluding carboxylic acids is 1. The molecule has 1 N–H and O–H groups in total. The Morgan fingerprint density at radius 3 is 2.57 bits per heavy atom. The molecule has 118 valence electrons. The summed E-state index contributed by atoms with van der Waals surface area (Å²) in [6.45, 7) is 4.67. The van der Waals surface area contributed by atoms with Gasteiger partial charge in [0.2, 0.25) is 0 Å². The van der Waals surface area contributed by atoms with Crippen molar-refractivity contribution < 1.29 is 9.21 Å². The molecule has 1 amide bonds. The van der Waals surface area contributed by atoms with Gasteiger partial charge in [-0.1, -0.05) is 36.2 Å². The smallest absolute Gasteiger partial charge is 0.287 e. The van der Waals surface area contributed by atoms with Gasteiger partial charge in [0.05, 0.1) is 0 Å². The van der Waals surface area contributed by atoms with Crippen LogP contribution in [0.5, 0.6) is 0 Å². The number of benzene rings is 2. The number of fused-ring (bicyclic) bond motifs is 1. The van der Waals surface area contributed by atoms with Gasteiger partial charge >= 0.3 is 0 Å². The molecule has 3 aromatic rings. The van der Waals surface area contributed by atoms with Crippen LogP contribution in [0.4, 0.5) is 0 Å². The van der Waals surface area contributed by atoms with Crippen molar-refractivity contribution in [3.05, 3.63) is 58.8 Å². The maximum Gasteiger partial charge on any atom is 0.287 e. The number of hydrogen-bond donors (Lipinski definition) is 1. The molecule has 2 aromatic carbocycles. The van der Waals surface area contributed by atoms with Crippen molar-refractivity contribution in [3.8, 4) is 11.3 Å². The molecule has 1 aromatic heterocycles. The van der Waals surface area contributed by atoms with E-state index in [4.69, 9.17) is 16.0 Å². The molecule has 0 atom stereocenters. The highest BCUT2D eigenvalue weighted by atomic mass is 35.5. The maximum atomic E-state index is 12.4. The monoisotopic (exact) mass is 327 g/mol. The molecule has 0 aliphatic rings. The lowest BCUT2D eigenvalue weighted by molar-refractivity contribution is 0.0929. The predicted molar refractivity (Wildman–Crippen MR) is 94.0 cm³/mol. The Bertz CT molecular complexity index is 850. The van der Waals surface area contributed by atoms with Crippen LogP contribution in [0.3, 0.4) is 0 Å². The Kier molecular flexibility index (Phi) is 4.39. The van der Waals surface area contributed by atoms with E-state index in [2.05, 4.69) is 5.32 Å². The van der Waals surface area contributed by atoms with E-state index in [1.807, 2.05) is 56.3 Å². The van der Waals surface area contributed by atoms with E-state index in [0.29, 0.717) is 23.1 Å². The number of hydrogen-bond acceptors (Lipinski definition) is 2. The van der Waals surface area contributed by atoms with Gasteiger partial charge in [-0.3, -0.25) is 4.79 Å². The fourth-order valence-electron chi connectivity index (χ4n) is 2.56. The van der Waals surface area contributed by atoms with E-state index in [1.54, 1.807) is 0 Å². The molecule has 1 heterocycles. The van der Waals surface area contributed by atoms with Gasteiger partial charge in [0, 0.05) is 27.9 Å². The van der Waals surface area contributed by atoms with Gasteiger partial charge in [-0.05, 0) is 43.7 Å². The average Bonchev–Trinajstić information content (AvgIpc) is 2.92. The average molecular weight is 328 g/mol. The van der Waals surface area contributed by atoms with Gasteiger partial charge < -0.3 is 9.73 Å². The summed E-state index contributed by atoms with van der Waals surface area (Å²) in [6, 6.07) is 13.4. The molecule has 3 nitrogen and oxygen atoms in total. The number of furan rings is 1. The van der Waals surface area contributed by atoms with Crippen LogP contribution in [0.15, 0.2) is 46.9 Å². The zero-order valence-electron chi connectivity index (χ0n) is 13.2. The van der Waals surface area contributed by atoms with E-state index in [0.717, 1.165) is 28.3 Å². The van der Waals surface area contributed by atoms with Crippen molar-refractivity contribution in [2.45, 2.75) is 20.3 Å². The Morgan fingerprint density at radius 2 is 1.87 bits per heavy atom. The van der Waals surface area contributed by atoms with E-state index in [1.165, 1.54) is 0 Å². The summed E-state index contributed by atoms with van der Waals surface area (Å²) < 4.78 is 5.95. The maximum absolute atomic E-state index is 12.4. The van der Waals surface area contributed by atoms with Gasteiger partial charge in [-0.2, -0.15) is 0 Å². The predicted octanol–water partition coefficient (Wildman–Crippen LogP) is 5.20. The summed E-state index contributed by atoms with van der Waals surface area (Å²) >= 11 is 5.96. The zero-order valence-corrected chi connectivity index (χ0v) is 13.9. The number of carbonyl (C=O) groups is 1. The molecule has 0 aliphatic heterocycles. The first-order valence-corrected chi connectivity index (χ1v) is 8.05. The second-order valence-corrected chi connectivity index (χ2v) is 6.01. The number of aryl methyl sites for hydroxylation is 1. The van der Waals surface area contributed by atoms with Crippen molar-refractivity contribution >= 4 is 28.3 Å². The largest absolute Gasteiger partial charge is 0.450 e. The fourth-order valence-corrected chi connectivity index (χ4v) is 2.69. The van der Waals surface area contributed by atoms with Crippen LogP contribution in [-0.4, -0.2) is 12.5 Å². The normalized spacial score (nSPS) is 10.9. The van der Waals surface area contributed by atoms with Crippen LogP contribution in [0.25, 0.3) is 22.1 Å². The molecule has 0 unspecified atom stereocenters. The molecule has 4 heteroatoms. The summed E-state index contributed by atoms with van der Waals surface area (Å²) in [5.41, 5.74) is 2.02. The van der Waals surface area contributed by atoms with Crippen LogP contribution >= 0.6 is 11.6 Å². The lowest BCUT2D eigenvalue weighted by Gasteiger charge is -2.00. The third kappa shape index (κ3) is 3.10. The molecule has 0 fully saturated rings. The summed E-state index contributed by atoms with van der Waals surface area (Å²) in [4.78, 5) is 12.4. The van der Waals surface area contributed by atoms with Gasteiger partial charge in [0.25, 0.3) is 5.91 Å². The second kappa shape index (κ2) is 6.47. The topological polar surface area (TPSA) is 42.2 Å². The number of rotatable bonds is 4. The molecule has 23 heavy (non-hydrogen) atoms. The lowest BCUT2D eigenvalue weighted by atomic mass is 10.0. The van der Waals surface area contributed by atoms with Gasteiger partial charge in [0.1, 0.15) is 5.76 Å². The quantitative estimate of drug-likeness (QED) is 0.715. The molecule has 0 bridgehead atoms. The fraction of sp³-hybridized carbons (Fsp3) is 0.211. The molecular formula is C19H18ClNO2. The standard InChI is InChI=1S/C19H18ClNO2/c1-3-10-21-19(22)18-15-9-4-12(2)11-16(15)17(23-18)13-5-7-14(20)8-6-13/h4-9,11H,3,10H2,1-2H3,(H,21,22). The van der Waals surface area contributed by atoms with Crippen LogP contribution in [0.1, 0.15) is 29.5 Å². The third-order valence-electron chi connectivity index (χ3n) is 3.72. The minimum atomic E-state index is -0.180. The number of nitrogens with one attached hydrogen (secondary N) is 1. The lowest BCUT2D eigenvalue weighted by Crippen LogP contribution is -2.23. The van der Waals surface area contributed by atoms with Crippen molar-refractivity contribution in [1.82, 2.24) is 5.32 Å². The first-order chi connectivity index (χ1) is 11.1. The van der Waals surface area contributed by atoms with E-state index in [-0.39, 0.29) is 5.91 Å². The Hall–Kier alpha value is -2.26. The molecule has 0 saturated carbocycles. The van der Waals surface area contributed by atoms with Crippen LogP contribution in [-0.2, 0) is 0 Å². The first kappa shape index (κ1) is 15.6. The van der Waals surface area contributed by atoms with Gasteiger partial charge in [-0.15, -0.1) is 0 Å². The van der Waals surface area contributed by atoms with Crippen molar-refractivity contribution in [3.63, 3.8) is 0 Å². The molecule has 0 saturated heterocycles. The first-order valence-electron chi connectivity index (χ1n) is 7.67. The summed E-state index contributed by atoms with van der Waals surface area (Å²) in [5.74, 6) is 0.876.